The fourth-order valence-corrected chi connectivity index (χ4v) is 10.5. The Hall–Kier alpha value is -0.803. The van der Waals surface area contributed by atoms with Crippen molar-refractivity contribution in [1.82, 2.24) is 0 Å². The Labute approximate surface area is 156 Å². The second-order valence-electron chi connectivity index (χ2n) is 8.74. The van der Waals surface area contributed by atoms with Gasteiger partial charge in [-0.2, -0.15) is 0 Å². The molecule has 0 aromatic carbocycles. The molecule has 1 aliphatic carbocycles. The molecule has 0 radical (unpaired) electrons. The molecular formula is C22H38O2Si. The maximum absolute atomic E-state index is 7.13. The minimum Gasteiger partial charge on any atom is -0.466 e. The monoisotopic (exact) mass is 362 g/mol. The molecule has 2 nitrogen and oxygen atoms in total. The lowest BCUT2D eigenvalue weighted by atomic mass is 9.82. The van der Waals surface area contributed by atoms with E-state index in [1.807, 2.05) is 6.07 Å². The highest BCUT2D eigenvalue weighted by Crippen LogP contribution is 2.48. The van der Waals surface area contributed by atoms with E-state index in [0.29, 0.717) is 22.5 Å². The lowest BCUT2D eigenvalue weighted by molar-refractivity contribution is 0.165. The molecule has 1 atom stereocenters. The first-order chi connectivity index (χ1) is 11.8. The van der Waals surface area contributed by atoms with E-state index < -0.39 is 8.32 Å². The summed E-state index contributed by atoms with van der Waals surface area (Å²) in [7, 11) is -1.99. The van der Waals surface area contributed by atoms with Crippen molar-refractivity contribution in [1.29, 1.82) is 0 Å². The van der Waals surface area contributed by atoms with Crippen LogP contribution in [0.1, 0.15) is 85.5 Å². The van der Waals surface area contributed by atoms with Gasteiger partial charge in [0, 0.05) is 0 Å². The predicted molar refractivity (Wildman–Crippen MR) is 109 cm³/mol. The van der Waals surface area contributed by atoms with Crippen molar-refractivity contribution in [3.05, 3.63) is 36.3 Å². The summed E-state index contributed by atoms with van der Waals surface area (Å²) in [5.74, 6) is 1.51. The first-order valence-electron chi connectivity index (χ1n) is 10.2. The summed E-state index contributed by atoms with van der Waals surface area (Å²) in [4.78, 5) is 0. The van der Waals surface area contributed by atoms with Gasteiger partial charge >= 0.3 is 0 Å². The molecule has 3 heteroatoms. The molecule has 0 bridgehead atoms. The number of rotatable bonds is 8. The topological polar surface area (TPSA) is 22.4 Å². The summed E-state index contributed by atoms with van der Waals surface area (Å²) in [5.41, 5.74) is 2.92. The van der Waals surface area contributed by atoms with Gasteiger partial charge in [-0.25, -0.2) is 0 Å². The summed E-state index contributed by atoms with van der Waals surface area (Å²) in [6.07, 6.45) is 8.17. The standard InChI is InChI=1S/C22H38O2Si/c1-16(2)25(17(3)4,18(5)6)24-22(21-14-11-15-23-21)19(7)20-12-9-8-10-13-20/h11,14-18,20,22H,7-10,12-13H2,1-6H3. The van der Waals surface area contributed by atoms with E-state index in [1.54, 1.807) is 6.26 Å². The van der Waals surface area contributed by atoms with Crippen LogP contribution in [0.5, 0.6) is 0 Å². The van der Waals surface area contributed by atoms with Crippen LogP contribution in [0, 0.1) is 5.92 Å². The van der Waals surface area contributed by atoms with Crippen LogP contribution in [0.15, 0.2) is 35.0 Å². The zero-order valence-electron chi connectivity index (χ0n) is 17.2. The zero-order chi connectivity index (χ0) is 18.6. The third-order valence-corrected chi connectivity index (χ3v) is 12.4. The van der Waals surface area contributed by atoms with Crippen molar-refractivity contribution >= 4 is 8.32 Å². The van der Waals surface area contributed by atoms with Crippen LogP contribution in [-0.2, 0) is 4.43 Å². The van der Waals surface area contributed by atoms with Gasteiger partial charge in [-0.3, -0.25) is 0 Å². The quantitative estimate of drug-likeness (QED) is 0.350. The highest BCUT2D eigenvalue weighted by atomic mass is 28.4. The van der Waals surface area contributed by atoms with Crippen molar-refractivity contribution in [3.63, 3.8) is 0 Å². The van der Waals surface area contributed by atoms with E-state index in [-0.39, 0.29) is 6.10 Å². The Morgan fingerprint density at radius 1 is 1.04 bits per heavy atom. The molecule has 1 aromatic heterocycles. The average Bonchev–Trinajstić information content (AvgIpc) is 3.09. The highest BCUT2D eigenvalue weighted by molar-refractivity contribution is 6.77. The van der Waals surface area contributed by atoms with E-state index in [0.717, 1.165) is 5.76 Å². The van der Waals surface area contributed by atoms with Crippen molar-refractivity contribution in [2.45, 2.75) is 96.4 Å². The second-order valence-corrected chi connectivity index (χ2v) is 14.1. The second kappa shape index (κ2) is 8.72. The Morgan fingerprint density at radius 3 is 2.04 bits per heavy atom. The number of furan rings is 1. The van der Waals surface area contributed by atoms with E-state index in [1.165, 1.54) is 37.7 Å². The maximum atomic E-state index is 7.13. The van der Waals surface area contributed by atoms with E-state index in [2.05, 4.69) is 54.2 Å². The van der Waals surface area contributed by atoms with E-state index in [4.69, 9.17) is 8.84 Å². The Morgan fingerprint density at radius 2 is 1.60 bits per heavy atom. The molecule has 142 valence electrons. The molecule has 1 heterocycles. The summed E-state index contributed by atoms with van der Waals surface area (Å²) in [6.45, 7) is 18.6. The van der Waals surface area contributed by atoms with Gasteiger partial charge in [-0.15, -0.1) is 0 Å². The minimum atomic E-state index is -1.99. The summed E-state index contributed by atoms with van der Waals surface area (Å²) >= 11 is 0. The smallest absolute Gasteiger partial charge is 0.201 e. The van der Waals surface area contributed by atoms with Crippen LogP contribution < -0.4 is 0 Å². The molecule has 0 spiro atoms. The van der Waals surface area contributed by atoms with Crippen LogP contribution in [0.4, 0.5) is 0 Å². The first kappa shape index (κ1) is 20.5. The van der Waals surface area contributed by atoms with Gasteiger partial charge in [0.15, 0.2) is 0 Å². The van der Waals surface area contributed by atoms with Gasteiger partial charge in [0.25, 0.3) is 0 Å². The number of hydrogen-bond donors (Lipinski definition) is 0. The van der Waals surface area contributed by atoms with E-state index in [9.17, 15) is 0 Å². The van der Waals surface area contributed by atoms with Gasteiger partial charge < -0.3 is 8.84 Å². The minimum absolute atomic E-state index is 0.0861. The van der Waals surface area contributed by atoms with Gasteiger partial charge in [-0.05, 0) is 53.1 Å². The van der Waals surface area contributed by atoms with E-state index >= 15 is 0 Å². The van der Waals surface area contributed by atoms with Crippen LogP contribution >= 0.6 is 0 Å². The summed E-state index contributed by atoms with van der Waals surface area (Å²) in [6, 6.07) is 4.04. The third-order valence-electron chi connectivity index (χ3n) is 6.30. The molecule has 1 unspecified atom stereocenters. The Bertz CT molecular complexity index is 502. The Kier molecular flexibility index (Phi) is 7.16. The molecule has 25 heavy (non-hydrogen) atoms. The third kappa shape index (κ3) is 4.31. The van der Waals surface area contributed by atoms with Crippen LogP contribution in [-0.4, -0.2) is 8.32 Å². The molecule has 0 amide bonds. The lowest BCUT2D eigenvalue weighted by Crippen LogP contribution is -2.49. The van der Waals surface area contributed by atoms with Crippen LogP contribution in [0.25, 0.3) is 0 Å². The summed E-state index contributed by atoms with van der Waals surface area (Å²) in [5, 5.41) is 0. The zero-order valence-corrected chi connectivity index (χ0v) is 18.2. The number of hydrogen-bond acceptors (Lipinski definition) is 2. The molecular weight excluding hydrogens is 324 g/mol. The molecule has 2 rings (SSSR count). The molecule has 0 saturated heterocycles. The van der Waals surface area contributed by atoms with Gasteiger partial charge in [-0.1, -0.05) is 67.4 Å². The molecule has 0 aliphatic heterocycles. The van der Waals surface area contributed by atoms with Crippen molar-refractivity contribution in [3.8, 4) is 0 Å². The summed E-state index contributed by atoms with van der Waals surface area (Å²) < 4.78 is 13.0. The van der Waals surface area contributed by atoms with Gasteiger partial charge in [0.2, 0.25) is 8.32 Å². The fraction of sp³-hybridized carbons (Fsp3) is 0.727. The van der Waals surface area contributed by atoms with Crippen LogP contribution in [0.3, 0.4) is 0 Å². The fourth-order valence-electron chi connectivity index (χ4n) is 5.06. The van der Waals surface area contributed by atoms with Crippen molar-refractivity contribution < 1.29 is 8.84 Å². The molecule has 1 aromatic rings. The maximum Gasteiger partial charge on any atom is 0.201 e. The van der Waals surface area contributed by atoms with Crippen molar-refractivity contribution in [2.24, 2.45) is 5.92 Å². The van der Waals surface area contributed by atoms with Gasteiger partial charge in [0.1, 0.15) is 11.9 Å². The normalized spacial score (nSPS) is 18.3. The van der Waals surface area contributed by atoms with Crippen molar-refractivity contribution in [2.75, 3.05) is 0 Å². The SMILES string of the molecule is C=C(C1CCCCC1)C(O[Si](C(C)C)(C(C)C)C(C)C)c1ccco1. The molecule has 1 aliphatic rings. The average molecular weight is 363 g/mol. The highest BCUT2D eigenvalue weighted by Gasteiger charge is 2.48. The first-order valence-corrected chi connectivity index (χ1v) is 12.3. The largest absolute Gasteiger partial charge is 0.466 e. The van der Waals surface area contributed by atoms with Gasteiger partial charge in [0.05, 0.1) is 6.26 Å². The molecule has 1 fully saturated rings. The van der Waals surface area contributed by atoms with Crippen LogP contribution in [0.2, 0.25) is 16.6 Å². The lowest BCUT2D eigenvalue weighted by Gasteiger charge is -2.45. The molecule has 1 saturated carbocycles. The molecule has 0 N–H and O–H groups in total. The Balaban J connectivity index is 2.36. The predicted octanol–water partition coefficient (Wildman–Crippen LogP) is 7.65.